The molecule has 0 radical (unpaired) electrons. The van der Waals surface area contributed by atoms with E-state index in [1.807, 2.05) is 6.07 Å². The number of anilines is 1. The molecule has 8 heteroatoms. The molecule has 106 valence electrons. The minimum Gasteiger partial charge on any atom is -0.312 e. The highest BCUT2D eigenvalue weighted by atomic mass is 35.7. The van der Waals surface area contributed by atoms with Crippen LogP contribution in [-0.2, 0) is 13.8 Å². The third-order valence-corrected chi connectivity index (χ3v) is 4.60. The van der Waals surface area contributed by atoms with Crippen molar-refractivity contribution in [1.29, 1.82) is 5.26 Å². The first-order chi connectivity index (χ1) is 9.30. The summed E-state index contributed by atoms with van der Waals surface area (Å²) in [5, 5.41) is 9.23. The van der Waals surface area contributed by atoms with E-state index in [1.165, 1.54) is 17.0 Å². The molecule has 1 atom stereocenters. The lowest BCUT2D eigenvalue weighted by molar-refractivity contribution is -0.117. The van der Waals surface area contributed by atoms with Gasteiger partial charge in [-0.2, -0.15) is 5.26 Å². The number of rotatable bonds is 3. The summed E-state index contributed by atoms with van der Waals surface area (Å²) in [4.78, 5) is 13.4. The van der Waals surface area contributed by atoms with Crippen LogP contribution in [0, 0.1) is 17.2 Å². The van der Waals surface area contributed by atoms with E-state index in [0.717, 1.165) is 0 Å². The van der Waals surface area contributed by atoms with Gasteiger partial charge in [0.1, 0.15) is 6.07 Å². The van der Waals surface area contributed by atoms with Gasteiger partial charge in [-0.3, -0.25) is 4.79 Å². The highest BCUT2D eigenvalue weighted by molar-refractivity contribution is 8.13. The van der Waals surface area contributed by atoms with Crippen LogP contribution in [0.25, 0.3) is 0 Å². The summed E-state index contributed by atoms with van der Waals surface area (Å²) in [6.07, 6.45) is 0.121. The molecule has 1 unspecified atom stereocenters. The molecular weight excluding hydrogens is 323 g/mol. The molecule has 1 fully saturated rings. The van der Waals surface area contributed by atoms with E-state index in [9.17, 15) is 13.2 Å². The van der Waals surface area contributed by atoms with E-state index in [2.05, 4.69) is 0 Å². The summed E-state index contributed by atoms with van der Waals surface area (Å²) < 4.78 is 22.1. The zero-order chi connectivity index (χ0) is 14.9. The Balaban J connectivity index is 2.22. The van der Waals surface area contributed by atoms with Crippen LogP contribution in [0.1, 0.15) is 12.0 Å². The number of hydrogen-bond acceptors (Lipinski definition) is 4. The number of carbonyl (C=O) groups is 1. The zero-order valence-corrected chi connectivity index (χ0v) is 12.5. The van der Waals surface area contributed by atoms with Crippen molar-refractivity contribution < 1.29 is 13.2 Å². The Morgan fingerprint density at radius 2 is 2.15 bits per heavy atom. The highest BCUT2D eigenvalue weighted by Crippen LogP contribution is 2.29. The predicted octanol–water partition coefficient (Wildman–Crippen LogP) is 2.13. The fourth-order valence-corrected chi connectivity index (χ4v) is 3.67. The molecule has 1 aromatic carbocycles. The van der Waals surface area contributed by atoms with Crippen molar-refractivity contribution in [2.24, 2.45) is 5.92 Å². The Kier molecular flexibility index (Phi) is 4.23. The molecular formula is C12H10Cl2N2O3S. The van der Waals surface area contributed by atoms with Gasteiger partial charge in [-0.1, -0.05) is 11.6 Å². The van der Waals surface area contributed by atoms with Gasteiger partial charge >= 0.3 is 0 Å². The Hall–Kier alpha value is -1.29. The lowest BCUT2D eigenvalue weighted by Gasteiger charge is -2.17. The average Bonchev–Trinajstić information content (AvgIpc) is 2.68. The molecule has 1 aliphatic rings. The second-order valence-corrected chi connectivity index (χ2v) is 7.78. The first-order valence-corrected chi connectivity index (χ1v) is 8.58. The van der Waals surface area contributed by atoms with Crippen LogP contribution in [0.15, 0.2) is 18.2 Å². The summed E-state index contributed by atoms with van der Waals surface area (Å²) in [5.74, 6) is -0.775. The van der Waals surface area contributed by atoms with Crippen molar-refractivity contribution in [3.8, 4) is 6.07 Å². The lowest BCUT2D eigenvalue weighted by Crippen LogP contribution is -2.25. The van der Waals surface area contributed by atoms with Gasteiger partial charge in [0, 0.05) is 35.3 Å². The SMILES string of the molecule is N#Cc1cc(N2CC(CS(=O)(=O)Cl)CC2=O)ccc1Cl. The van der Waals surface area contributed by atoms with E-state index in [1.54, 1.807) is 6.07 Å². The molecule has 1 aliphatic heterocycles. The second-order valence-electron chi connectivity index (χ2n) is 4.56. The third-order valence-electron chi connectivity index (χ3n) is 3.02. The lowest BCUT2D eigenvalue weighted by atomic mass is 10.1. The van der Waals surface area contributed by atoms with E-state index in [0.29, 0.717) is 10.7 Å². The maximum Gasteiger partial charge on any atom is 0.232 e. The van der Waals surface area contributed by atoms with Gasteiger partial charge < -0.3 is 4.90 Å². The first-order valence-electron chi connectivity index (χ1n) is 5.72. The summed E-state index contributed by atoms with van der Waals surface area (Å²) in [6.45, 7) is 0.261. The average molecular weight is 333 g/mol. The number of carbonyl (C=O) groups excluding carboxylic acids is 1. The molecule has 2 rings (SSSR count). The van der Waals surface area contributed by atoms with Crippen molar-refractivity contribution in [3.05, 3.63) is 28.8 Å². The number of benzene rings is 1. The first kappa shape index (κ1) is 15.1. The van der Waals surface area contributed by atoms with Gasteiger partial charge in [0.05, 0.1) is 16.3 Å². The molecule has 1 heterocycles. The summed E-state index contributed by atoms with van der Waals surface area (Å²) >= 11 is 5.83. The molecule has 0 saturated carbocycles. The molecule has 0 spiro atoms. The zero-order valence-electron chi connectivity index (χ0n) is 10.2. The maximum absolute atomic E-state index is 11.9. The number of amides is 1. The van der Waals surface area contributed by atoms with Crippen molar-refractivity contribution in [3.63, 3.8) is 0 Å². The second kappa shape index (κ2) is 5.60. The minimum atomic E-state index is -3.64. The topological polar surface area (TPSA) is 78.2 Å². The summed E-state index contributed by atoms with van der Waals surface area (Å²) in [7, 11) is 1.57. The molecule has 20 heavy (non-hydrogen) atoms. The molecule has 0 bridgehead atoms. The van der Waals surface area contributed by atoms with Crippen LogP contribution >= 0.6 is 22.3 Å². The van der Waals surface area contributed by atoms with E-state index in [4.69, 9.17) is 27.5 Å². The molecule has 0 aromatic heterocycles. The van der Waals surface area contributed by atoms with Gasteiger partial charge in [-0.15, -0.1) is 0 Å². The van der Waals surface area contributed by atoms with Crippen LogP contribution in [0.2, 0.25) is 5.02 Å². The number of halogens is 2. The fraction of sp³-hybridized carbons (Fsp3) is 0.333. The van der Waals surface area contributed by atoms with Crippen LogP contribution < -0.4 is 4.90 Å². The summed E-state index contributed by atoms with van der Waals surface area (Å²) in [6, 6.07) is 6.61. The van der Waals surface area contributed by atoms with Crippen LogP contribution in [0.5, 0.6) is 0 Å². The Morgan fingerprint density at radius 1 is 1.45 bits per heavy atom. The number of nitrogens with zero attached hydrogens (tertiary/aromatic N) is 2. The van der Waals surface area contributed by atoms with Crippen LogP contribution in [0.4, 0.5) is 5.69 Å². The van der Waals surface area contributed by atoms with Gasteiger partial charge in [0.25, 0.3) is 0 Å². The molecule has 1 amide bonds. The van der Waals surface area contributed by atoms with Crippen molar-refractivity contribution >= 4 is 42.9 Å². The monoisotopic (exact) mass is 332 g/mol. The van der Waals surface area contributed by atoms with E-state index >= 15 is 0 Å². The van der Waals surface area contributed by atoms with Crippen molar-refractivity contribution in [1.82, 2.24) is 0 Å². The molecule has 1 saturated heterocycles. The fourth-order valence-electron chi connectivity index (χ4n) is 2.19. The minimum absolute atomic E-state index is 0.121. The van der Waals surface area contributed by atoms with E-state index < -0.39 is 9.05 Å². The van der Waals surface area contributed by atoms with Crippen molar-refractivity contribution in [2.75, 3.05) is 17.2 Å². The van der Waals surface area contributed by atoms with Gasteiger partial charge in [0.15, 0.2) is 0 Å². The van der Waals surface area contributed by atoms with E-state index in [-0.39, 0.29) is 36.1 Å². The summed E-state index contributed by atoms with van der Waals surface area (Å²) in [5.41, 5.74) is 0.802. The molecule has 5 nitrogen and oxygen atoms in total. The van der Waals surface area contributed by atoms with Crippen molar-refractivity contribution in [2.45, 2.75) is 6.42 Å². The Labute approximate surface area is 126 Å². The third kappa shape index (κ3) is 3.42. The molecule has 0 N–H and O–H groups in total. The van der Waals surface area contributed by atoms with Crippen LogP contribution in [0.3, 0.4) is 0 Å². The quantitative estimate of drug-likeness (QED) is 0.794. The molecule has 1 aromatic rings. The standard InChI is InChI=1S/C12H10Cl2N2O3S/c13-11-2-1-10(4-9(11)5-15)16-6-8(3-12(16)17)7-20(14,18)19/h1-2,4,8H,3,6-7H2. The highest BCUT2D eigenvalue weighted by Gasteiger charge is 2.33. The number of nitriles is 1. The van der Waals surface area contributed by atoms with Gasteiger partial charge in [-0.05, 0) is 18.2 Å². The predicted molar refractivity (Wildman–Crippen MR) is 76.3 cm³/mol. The normalized spacial score (nSPS) is 19.1. The van der Waals surface area contributed by atoms with Gasteiger partial charge in [-0.25, -0.2) is 8.42 Å². The van der Waals surface area contributed by atoms with Gasteiger partial charge in [0.2, 0.25) is 15.0 Å². The number of hydrogen-bond donors (Lipinski definition) is 0. The Bertz CT molecular complexity index is 697. The Morgan fingerprint density at radius 3 is 2.75 bits per heavy atom. The maximum atomic E-state index is 11.9. The smallest absolute Gasteiger partial charge is 0.232 e. The largest absolute Gasteiger partial charge is 0.312 e. The molecule has 0 aliphatic carbocycles. The van der Waals surface area contributed by atoms with Crippen LogP contribution in [-0.4, -0.2) is 26.6 Å².